The van der Waals surface area contributed by atoms with Crippen LogP contribution in [0.5, 0.6) is 0 Å². The summed E-state index contributed by atoms with van der Waals surface area (Å²) in [5.74, 6) is 0. The molecule has 0 aliphatic carbocycles. The highest BCUT2D eigenvalue weighted by Gasteiger charge is 2.21. The van der Waals surface area contributed by atoms with E-state index in [0.29, 0.717) is 6.04 Å². The van der Waals surface area contributed by atoms with Crippen LogP contribution in [0.3, 0.4) is 0 Å². The zero-order valence-electron chi connectivity index (χ0n) is 14.3. The Morgan fingerprint density at radius 2 is 1.91 bits per heavy atom. The van der Waals surface area contributed by atoms with Gasteiger partial charge in [-0.15, -0.1) is 0 Å². The van der Waals surface area contributed by atoms with Gasteiger partial charge in [0.25, 0.3) is 0 Å². The molecule has 0 bridgehead atoms. The lowest BCUT2D eigenvalue weighted by Crippen LogP contribution is -2.44. The molecule has 0 radical (unpaired) electrons. The van der Waals surface area contributed by atoms with Crippen LogP contribution < -0.4 is 11.1 Å². The number of nitrogens with zero attached hydrogens (tertiary/aromatic N) is 2. The minimum absolute atomic E-state index is 0.0160. The number of rotatable bonds is 4. The summed E-state index contributed by atoms with van der Waals surface area (Å²) in [7, 11) is 0. The number of hydrogen-bond donors (Lipinski definition) is 2. The Morgan fingerprint density at radius 3 is 2.41 bits per heavy atom. The summed E-state index contributed by atoms with van der Waals surface area (Å²) < 4.78 is 5.10. The van der Waals surface area contributed by atoms with Crippen molar-refractivity contribution >= 4 is 23.0 Å². The first-order chi connectivity index (χ1) is 10.3. The first-order valence-electron chi connectivity index (χ1n) is 7.93. The van der Waals surface area contributed by atoms with Gasteiger partial charge < -0.3 is 20.7 Å². The molecule has 0 aromatic carbocycles. The van der Waals surface area contributed by atoms with Gasteiger partial charge >= 0.3 is 6.09 Å². The fraction of sp³-hybridized carbons (Fsp3) is 0.867. The molecule has 1 heterocycles. The minimum Gasteiger partial charge on any atom is -0.447 e. The number of piperidine rings is 1. The average Bonchev–Trinajstić information content (AvgIpc) is 2.44. The van der Waals surface area contributed by atoms with Crippen LogP contribution in [0.1, 0.15) is 40.5 Å². The van der Waals surface area contributed by atoms with Gasteiger partial charge in [-0.05, 0) is 46.8 Å². The van der Waals surface area contributed by atoms with Crippen molar-refractivity contribution in [3.63, 3.8) is 0 Å². The third-order valence-electron chi connectivity index (χ3n) is 3.72. The van der Waals surface area contributed by atoms with Crippen molar-refractivity contribution in [2.75, 3.05) is 19.3 Å². The second kappa shape index (κ2) is 9.25. The highest BCUT2D eigenvalue weighted by atomic mass is 32.2. The summed E-state index contributed by atoms with van der Waals surface area (Å²) in [5, 5.41) is 3.85. The van der Waals surface area contributed by atoms with Gasteiger partial charge in [0.1, 0.15) is 0 Å². The minimum atomic E-state index is -0.390. The lowest BCUT2D eigenvalue weighted by atomic mass is 10.1. The first-order valence-corrected chi connectivity index (χ1v) is 9.15. The normalized spacial score (nSPS) is 20.0. The smallest absolute Gasteiger partial charge is 0.407 e. The quantitative estimate of drug-likeness (QED) is 0.609. The Hall–Kier alpha value is -0.950. The molecule has 0 spiro atoms. The fourth-order valence-electron chi connectivity index (χ4n) is 2.19. The zero-order chi connectivity index (χ0) is 16.7. The lowest BCUT2D eigenvalue weighted by molar-refractivity contribution is 0.112. The van der Waals surface area contributed by atoms with Crippen molar-refractivity contribution in [1.82, 2.24) is 10.2 Å². The van der Waals surface area contributed by atoms with Crippen LogP contribution in [0.15, 0.2) is 4.99 Å². The molecule has 22 heavy (non-hydrogen) atoms. The molecule has 1 aliphatic heterocycles. The SMILES string of the molecule is CSC(=NC(C)C(C)NC(=O)OC(C)C)N1CCC(N)CC1. The van der Waals surface area contributed by atoms with E-state index < -0.39 is 0 Å². The molecular weight excluding hydrogens is 300 g/mol. The van der Waals surface area contributed by atoms with E-state index in [1.165, 1.54) is 0 Å². The molecule has 0 saturated carbocycles. The van der Waals surface area contributed by atoms with E-state index in [1.807, 2.05) is 34.0 Å². The Labute approximate surface area is 138 Å². The van der Waals surface area contributed by atoms with Crippen LogP contribution in [0.25, 0.3) is 0 Å². The number of carbonyl (C=O) groups excluding carboxylic acids is 1. The van der Waals surface area contributed by atoms with E-state index in [9.17, 15) is 4.79 Å². The van der Waals surface area contributed by atoms with Crippen LogP contribution in [0, 0.1) is 0 Å². The third kappa shape index (κ3) is 6.44. The molecule has 1 saturated heterocycles. The number of nitrogens with two attached hydrogens (primary N) is 1. The van der Waals surface area contributed by atoms with E-state index in [1.54, 1.807) is 11.8 Å². The highest BCUT2D eigenvalue weighted by molar-refractivity contribution is 8.13. The number of alkyl carbamates (subject to hydrolysis) is 1. The lowest BCUT2D eigenvalue weighted by Gasteiger charge is -2.32. The Morgan fingerprint density at radius 1 is 1.32 bits per heavy atom. The summed E-state index contributed by atoms with van der Waals surface area (Å²) in [6, 6.07) is 0.210. The van der Waals surface area contributed by atoms with Crippen LogP contribution >= 0.6 is 11.8 Å². The molecule has 2 unspecified atom stereocenters. The summed E-state index contributed by atoms with van der Waals surface area (Å²) in [6.07, 6.45) is 3.53. The van der Waals surface area contributed by atoms with Crippen molar-refractivity contribution in [2.24, 2.45) is 10.7 Å². The van der Waals surface area contributed by atoms with Crippen LogP contribution in [0.4, 0.5) is 4.79 Å². The summed E-state index contributed by atoms with van der Waals surface area (Å²) in [6.45, 7) is 9.51. The van der Waals surface area contributed by atoms with Gasteiger partial charge in [0.05, 0.1) is 18.2 Å². The maximum Gasteiger partial charge on any atom is 0.407 e. The molecule has 1 amide bonds. The van der Waals surface area contributed by atoms with Crippen molar-refractivity contribution in [3.8, 4) is 0 Å². The molecule has 128 valence electrons. The molecule has 2 atom stereocenters. The Kier molecular flexibility index (Phi) is 8.03. The van der Waals surface area contributed by atoms with Gasteiger partial charge in [-0.2, -0.15) is 0 Å². The van der Waals surface area contributed by atoms with Gasteiger partial charge in [-0.25, -0.2) is 4.79 Å². The van der Waals surface area contributed by atoms with Crippen molar-refractivity contribution in [1.29, 1.82) is 0 Å². The van der Waals surface area contributed by atoms with E-state index in [4.69, 9.17) is 15.5 Å². The van der Waals surface area contributed by atoms with E-state index in [0.717, 1.165) is 31.1 Å². The topological polar surface area (TPSA) is 80.0 Å². The van der Waals surface area contributed by atoms with Gasteiger partial charge in [-0.3, -0.25) is 4.99 Å². The maximum absolute atomic E-state index is 11.7. The van der Waals surface area contributed by atoms with Crippen LogP contribution in [-0.4, -0.2) is 59.7 Å². The number of thioether (sulfide) groups is 1. The van der Waals surface area contributed by atoms with Gasteiger partial charge in [0.2, 0.25) is 0 Å². The average molecular weight is 330 g/mol. The van der Waals surface area contributed by atoms with Crippen molar-refractivity contribution in [2.45, 2.75) is 64.8 Å². The standard InChI is InChI=1S/C15H30N4O2S/c1-10(2)21-15(20)18-12(4)11(3)17-14(22-5)19-8-6-13(16)7-9-19/h10-13H,6-9,16H2,1-5H3,(H,18,20). The Balaban J connectivity index is 2.57. The second-order valence-corrected chi connectivity index (χ2v) is 6.84. The number of hydrogen-bond acceptors (Lipinski definition) is 5. The molecular formula is C15H30N4O2S. The number of nitrogens with one attached hydrogen (secondary N) is 1. The third-order valence-corrected chi connectivity index (χ3v) is 4.45. The number of likely N-dealkylation sites (tertiary alicyclic amines) is 1. The van der Waals surface area contributed by atoms with E-state index in [2.05, 4.69) is 10.2 Å². The van der Waals surface area contributed by atoms with Crippen molar-refractivity contribution < 1.29 is 9.53 Å². The highest BCUT2D eigenvalue weighted by Crippen LogP contribution is 2.15. The zero-order valence-corrected chi connectivity index (χ0v) is 15.2. The molecule has 0 aromatic rings. The molecule has 1 fully saturated rings. The number of amidine groups is 1. The number of amides is 1. The second-order valence-electron chi connectivity index (χ2n) is 6.07. The Bertz CT molecular complexity index is 382. The number of carbonyl (C=O) groups is 1. The summed E-state index contributed by atoms with van der Waals surface area (Å²) >= 11 is 1.64. The largest absolute Gasteiger partial charge is 0.447 e. The molecule has 3 N–H and O–H groups in total. The summed E-state index contributed by atoms with van der Waals surface area (Å²) in [4.78, 5) is 18.7. The fourth-order valence-corrected chi connectivity index (χ4v) is 2.91. The first kappa shape index (κ1) is 19.1. The molecule has 0 aromatic heterocycles. The molecule has 1 rings (SSSR count). The predicted octanol–water partition coefficient (Wildman–Crippen LogP) is 2.04. The van der Waals surface area contributed by atoms with Gasteiger partial charge in [0.15, 0.2) is 5.17 Å². The van der Waals surface area contributed by atoms with Gasteiger partial charge in [0, 0.05) is 19.1 Å². The van der Waals surface area contributed by atoms with Crippen LogP contribution in [0.2, 0.25) is 0 Å². The van der Waals surface area contributed by atoms with Crippen molar-refractivity contribution in [3.05, 3.63) is 0 Å². The summed E-state index contributed by atoms with van der Waals surface area (Å²) in [5.41, 5.74) is 5.95. The number of ether oxygens (including phenoxy) is 1. The molecule has 6 nitrogen and oxygen atoms in total. The number of aliphatic imine (C=N–C) groups is 1. The maximum atomic E-state index is 11.7. The van der Waals surface area contributed by atoms with E-state index >= 15 is 0 Å². The van der Waals surface area contributed by atoms with Crippen LogP contribution in [-0.2, 0) is 4.74 Å². The molecule has 7 heteroatoms. The van der Waals surface area contributed by atoms with Gasteiger partial charge in [-0.1, -0.05) is 11.8 Å². The monoisotopic (exact) mass is 330 g/mol. The molecule has 1 aliphatic rings. The van der Waals surface area contributed by atoms with E-state index in [-0.39, 0.29) is 24.3 Å². The predicted molar refractivity (Wildman–Crippen MR) is 93.4 cm³/mol.